The largest absolute Gasteiger partial charge is 0.462 e. The lowest BCUT2D eigenvalue weighted by Crippen LogP contribution is -2.19. The lowest BCUT2D eigenvalue weighted by atomic mass is 10.0. The first kappa shape index (κ1) is 16.2. The monoisotopic (exact) mass is 268 g/mol. The van der Waals surface area contributed by atoms with Crippen molar-refractivity contribution in [1.82, 2.24) is 0 Å². The van der Waals surface area contributed by atoms with E-state index in [0.717, 1.165) is 19.3 Å². The van der Waals surface area contributed by atoms with Crippen molar-refractivity contribution >= 4 is 5.97 Å². The van der Waals surface area contributed by atoms with Crippen molar-refractivity contribution in [1.29, 1.82) is 0 Å². The van der Waals surface area contributed by atoms with Crippen LogP contribution in [-0.2, 0) is 9.53 Å². The molecular formula is C16H28O3. The summed E-state index contributed by atoms with van der Waals surface area (Å²) in [5.74, 6) is -0.110. The van der Waals surface area contributed by atoms with E-state index >= 15 is 0 Å². The molecule has 1 N–H and O–H groups in total. The summed E-state index contributed by atoms with van der Waals surface area (Å²) in [7, 11) is 0. The number of carbonyl (C=O) groups excluding carboxylic acids is 1. The summed E-state index contributed by atoms with van der Waals surface area (Å²) in [5, 5.41) is 9.64. The molecule has 2 atom stereocenters. The predicted molar refractivity (Wildman–Crippen MR) is 76.9 cm³/mol. The van der Waals surface area contributed by atoms with Crippen LogP contribution in [0.3, 0.4) is 0 Å². The molecule has 0 amide bonds. The van der Waals surface area contributed by atoms with Crippen molar-refractivity contribution in [3.63, 3.8) is 0 Å². The highest BCUT2D eigenvalue weighted by Gasteiger charge is 2.15. The van der Waals surface area contributed by atoms with Crippen molar-refractivity contribution in [3.8, 4) is 0 Å². The molecular weight excluding hydrogens is 240 g/mol. The number of cyclic esters (lactones) is 1. The normalized spacial score (nSPS) is 26.7. The van der Waals surface area contributed by atoms with E-state index in [4.69, 9.17) is 4.74 Å². The molecule has 1 aliphatic rings. The number of ether oxygens (including phenoxy) is 1. The Labute approximate surface area is 117 Å². The number of unbranched alkanes of at least 4 members (excludes halogenated alkanes) is 4. The van der Waals surface area contributed by atoms with E-state index in [1.807, 2.05) is 12.2 Å². The number of aliphatic hydroxyl groups excluding tert-OH is 1. The van der Waals surface area contributed by atoms with Gasteiger partial charge in [0.15, 0.2) is 0 Å². The molecule has 0 aliphatic carbocycles. The first-order valence-corrected chi connectivity index (χ1v) is 7.76. The Bertz CT molecular complexity index is 273. The van der Waals surface area contributed by atoms with Gasteiger partial charge in [0.2, 0.25) is 0 Å². The van der Waals surface area contributed by atoms with Gasteiger partial charge in [-0.05, 0) is 25.7 Å². The maximum atomic E-state index is 11.6. The van der Waals surface area contributed by atoms with Crippen LogP contribution in [-0.4, -0.2) is 23.3 Å². The van der Waals surface area contributed by atoms with Crippen LogP contribution in [0.15, 0.2) is 12.2 Å². The van der Waals surface area contributed by atoms with Gasteiger partial charge in [-0.1, -0.05) is 44.8 Å². The van der Waals surface area contributed by atoms with Crippen LogP contribution in [0.2, 0.25) is 0 Å². The summed E-state index contributed by atoms with van der Waals surface area (Å²) < 4.78 is 5.50. The predicted octanol–water partition coefficient (Wildman–Crippen LogP) is 3.75. The molecule has 0 saturated carbocycles. The highest BCUT2D eigenvalue weighted by Crippen LogP contribution is 2.16. The molecule has 3 nitrogen and oxygen atoms in total. The number of esters is 1. The number of hydrogen-bond acceptors (Lipinski definition) is 3. The van der Waals surface area contributed by atoms with Gasteiger partial charge >= 0.3 is 5.97 Å². The van der Waals surface area contributed by atoms with Gasteiger partial charge in [-0.15, -0.1) is 0 Å². The highest BCUT2D eigenvalue weighted by molar-refractivity contribution is 5.69. The van der Waals surface area contributed by atoms with Gasteiger partial charge in [0, 0.05) is 12.8 Å². The Morgan fingerprint density at radius 3 is 2.89 bits per heavy atom. The number of aliphatic hydroxyl groups is 1. The zero-order chi connectivity index (χ0) is 13.9. The van der Waals surface area contributed by atoms with Crippen LogP contribution in [0.1, 0.15) is 71.1 Å². The summed E-state index contributed by atoms with van der Waals surface area (Å²) in [6, 6.07) is 0. The zero-order valence-corrected chi connectivity index (χ0v) is 12.1. The molecule has 3 heteroatoms. The van der Waals surface area contributed by atoms with Crippen molar-refractivity contribution in [3.05, 3.63) is 12.2 Å². The van der Waals surface area contributed by atoms with E-state index < -0.39 is 6.10 Å². The van der Waals surface area contributed by atoms with E-state index in [-0.39, 0.29) is 12.1 Å². The quantitative estimate of drug-likeness (QED) is 0.453. The smallest absolute Gasteiger partial charge is 0.306 e. The Balaban J connectivity index is 2.33. The topological polar surface area (TPSA) is 46.5 Å². The Morgan fingerprint density at radius 1 is 1.32 bits per heavy atom. The molecule has 0 aromatic heterocycles. The van der Waals surface area contributed by atoms with Crippen molar-refractivity contribution in [2.24, 2.45) is 0 Å². The molecule has 1 rings (SSSR count). The summed E-state index contributed by atoms with van der Waals surface area (Å²) in [6.07, 6.45) is 13.0. The van der Waals surface area contributed by atoms with E-state index in [9.17, 15) is 9.90 Å². The molecule has 0 aromatic rings. The summed E-state index contributed by atoms with van der Waals surface area (Å²) >= 11 is 0. The van der Waals surface area contributed by atoms with Crippen molar-refractivity contribution < 1.29 is 14.6 Å². The zero-order valence-electron chi connectivity index (χ0n) is 12.1. The summed E-state index contributed by atoms with van der Waals surface area (Å²) in [5.41, 5.74) is 0. The molecule has 0 radical (unpaired) electrons. The fourth-order valence-corrected chi connectivity index (χ4v) is 2.38. The van der Waals surface area contributed by atoms with Gasteiger partial charge in [0.25, 0.3) is 0 Å². The molecule has 0 saturated heterocycles. The first-order valence-electron chi connectivity index (χ1n) is 7.76. The molecule has 19 heavy (non-hydrogen) atoms. The standard InChI is InChI=1S/C16H28O3/c1-2-3-4-5-6-11-15-12-7-9-14(17)10-8-13-16(18)19-15/h7,9,14-15,17H,2-6,8,10-13H2,1H3/b9-7-/t14-,15-/m0/s1. The summed E-state index contributed by atoms with van der Waals surface area (Å²) in [4.78, 5) is 11.6. The lowest BCUT2D eigenvalue weighted by Gasteiger charge is -2.18. The van der Waals surface area contributed by atoms with Gasteiger partial charge < -0.3 is 9.84 Å². The average Bonchev–Trinajstić information content (AvgIpc) is 2.37. The van der Waals surface area contributed by atoms with E-state index in [1.54, 1.807) is 0 Å². The molecule has 0 unspecified atom stereocenters. The van der Waals surface area contributed by atoms with Crippen LogP contribution in [0, 0.1) is 0 Å². The second-order valence-electron chi connectivity index (χ2n) is 5.44. The van der Waals surface area contributed by atoms with Crippen LogP contribution >= 0.6 is 0 Å². The van der Waals surface area contributed by atoms with Crippen LogP contribution < -0.4 is 0 Å². The minimum absolute atomic E-state index is 0.00400. The number of hydrogen-bond donors (Lipinski definition) is 1. The number of rotatable bonds is 6. The number of carbonyl (C=O) groups is 1. The van der Waals surface area contributed by atoms with Crippen LogP contribution in [0.25, 0.3) is 0 Å². The molecule has 0 spiro atoms. The minimum atomic E-state index is -0.406. The average molecular weight is 268 g/mol. The first-order chi connectivity index (χ1) is 9.22. The Kier molecular flexibility index (Phi) is 8.55. The SMILES string of the molecule is CCCCCCC[C@H]1C/C=C\[C@H](O)CCCC(=O)O1. The van der Waals surface area contributed by atoms with Gasteiger partial charge in [0.1, 0.15) is 6.10 Å². The highest BCUT2D eigenvalue weighted by atomic mass is 16.5. The van der Waals surface area contributed by atoms with Crippen molar-refractivity contribution in [2.75, 3.05) is 0 Å². The molecule has 110 valence electrons. The third kappa shape index (κ3) is 8.04. The van der Waals surface area contributed by atoms with Gasteiger partial charge in [-0.25, -0.2) is 0 Å². The van der Waals surface area contributed by atoms with E-state index in [1.165, 1.54) is 25.7 Å². The molecule has 1 heterocycles. The van der Waals surface area contributed by atoms with Crippen molar-refractivity contribution in [2.45, 2.75) is 83.3 Å². The molecule has 0 fully saturated rings. The summed E-state index contributed by atoms with van der Waals surface area (Å²) in [6.45, 7) is 2.21. The fraction of sp³-hybridized carbons (Fsp3) is 0.812. The maximum absolute atomic E-state index is 11.6. The van der Waals surface area contributed by atoms with E-state index in [2.05, 4.69) is 6.92 Å². The second-order valence-corrected chi connectivity index (χ2v) is 5.44. The van der Waals surface area contributed by atoms with Gasteiger partial charge in [-0.2, -0.15) is 0 Å². The second kappa shape index (κ2) is 10.0. The minimum Gasteiger partial charge on any atom is -0.462 e. The van der Waals surface area contributed by atoms with Gasteiger partial charge in [0.05, 0.1) is 6.10 Å². The fourth-order valence-electron chi connectivity index (χ4n) is 2.38. The molecule has 0 bridgehead atoms. The third-order valence-electron chi connectivity index (χ3n) is 3.57. The lowest BCUT2D eigenvalue weighted by molar-refractivity contribution is -0.149. The third-order valence-corrected chi connectivity index (χ3v) is 3.57. The van der Waals surface area contributed by atoms with Crippen LogP contribution in [0.5, 0.6) is 0 Å². The van der Waals surface area contributed by atoms with Crippen LogP contribution in [0.4, 0.5) is 0 Å². The van der Waals surface area contributed by atoms with E-state index in [0.29, 0.717) is 19.3 Å². The van der Waals surface area contributed by atoms with Gasteiger partial charge in [-0.3, -0.25) is 4.79 Å². The molecule has 1 aliphatic heterocycles. The Morgan fingerprint density at radius 2 is 2.11 bits per heavy atom. The molecule has 0 aromatic carbocycles. The maximum Gasteiger partial charge on any atom is 0.306 e. The Hall–Kier alpha value is -0.830.